The van der Waals surface area contributed by atoms with Crippen LogP contribution in [0.25, 0.3) is 21.7 Å². The smallest absolute Gasteiger partial charge is 0.357 e. The van der Waals surface area contributed by atoms with Crippen LogP contribution in [0.15, 0.2) is 54.6 Å². The molecule has 6 rings (SSSR count). The third-order valence-corrected chi connectivity index (χ3v) is 10.1. The number of fused-ring (bicyclic) bond motifs is 3. The third-order valence-electron chi connectivity index (χ3n) is 9.07. The monoisotopic (exact) mass is 682 g/mol. The number of H-pyrrole nitrogens is 1. The van der Waals surface area contributed by atoms with E-state index < -0.39 is 48.6 Å². The first-order valence-corrected chi connectivity index (χ1v) is 16.9. The van der Waals surface area contributed by atoms with E-state index in [0.717, 1.165) is 17.7 Å². The number of likely N-dealkylation sites (N-methyl/N-ethyl adjacent to an activating group) is 1. The van der Waals surface area contributed by atoms with Gasteiger partial charge in [0.15, 0.2) is 5.69 Å². The van der Waals surface area contributed by atoms with E-state index in [1.165, 1.54) is 41.1 Å². The number of hydrogen-bond acceptors (Lipinski definition) is 6. The number of carbonyl (C=O) groups is 4. The second kappa shape index (κ2) is 12.4. The Bertz CT molecular complexity index is 2010. The summed E-state index contributed by atoms with van der Waals surface area (Å²) < 4.78 is 40.4. The standard InChI is InChI=1S/C32H33F2N6O7P/c1-17-3-9-24-23(13-17)27(38-37-24)31(44)39-12-11-22-8-10-26(29(42)35-2)40(22)30(43)25(16-39)36-28(41)19-5-4-18-6-7-21(15-20(18)14-19)32(33,34)48(45,46)47/h3-7,9,13-15,22,25-26H,8,10-12,16H2,1-2H3,(H,35,42)(H,36,41)(H,37,38)(H2,45,46,47)/t22-,25?,26+/m1/s1. The topological polar surface area (TPSA) is 185 Å². The molecule has 3 atom stereocenters. The van der Waals surface area contributed by atoms with Gasteiger partial charge in [-0.05, 0) is 67.3 Å². The fourth-order valence-electron chi connectivity index (χ4n) is 6.52. The normalized spacial score (nSPS) is 20.4. The molecule has 16 heteroatoms. The molecule has 0 spiro atoms. The number of amides is 4. The number of aromatic nitrogens is 2. The molecule has 13 nitrogen and oxygen atoms in total. The minimum absolute atomic E-state index is 0.0264. The lowest BCUT2D eigenvalue weighted by atomic mass is 10.0. The average molecular weight is 683 g/mol. The molecule has 4 aromatic rings. The van der Waals surface area contributed by atoms with Crippen LogP contribution >= 0.6 is 7.60 Å². The lowest BCUT2D eigenvalue weighted by Gasteiger charge is -2.38. The molecule has 0 aliphatic carbocycles. The molecule has 48 heavy (non-hydrogen) atoms. The van der Waals surface area contributed by atoms with Gasteiger partial charge in [0.25, 0.3) is 11.8 Å². The molecule has 2 aliphatic heterocycles. The Morgan fingerprint density at radius 1 is 1.02 bits per heavy atom. The van der Waals surface area contributed by atoms with Crippen molar-refractivity contribution in [1.82, 2.24) is 30.6 Å². The van der Waals surface area contributed by atoms with Crippen molar-refractivity contribution in [3.63, 3.8) is 0 Å². The molecule has 2 fully saturated rings. The van der Waals surface area contributed by atoms with Crippen LogP contribution in [-0.2, 0) is 19.8 Å². The van der Waals surface area contributed by atoms with E-state index in [1.54, 1.807) is 0 Å². The number of carbonyl (C=O) groups excluding carboxylic acids is 4. The highest BCUT2D eigenvalue weighted by Crippen LogP contribution is 2.59. The van der Waals surface area contributed by atoms with Crippen molar-refractivity contribution >= 4 is 52.9 Å². The summed E-state index contributed by atoms with van der Waals surface area (Å²) in [5.74, 6) is -2.11. The molecular formula is C32H33F2N6O7P. The van der Waals surface area contributed by atoms with Gasteiger partial charge in [0.2, 0.25) is 11.8 Å². The van der Waals surface area contributed by atoms with Crippen LogP contribution in [0.5, 0.6) is 0 Å². The minimum Gasteiger partial charge on any atom is -0.357 e. The summed E-state index contributed by atoms with van der Waals surface area (Å²) in [6, 6.07) is 10.3. The van der Waals surface area contributed by atoms with E-state index in [9.17, 15) is 42.3 Å². The average Bonchev–Trinajstić information content (AvgIpc) is 3.67. The van der Waals surface area contributed by atoms with Crippen molar-refractivity contribution in [2.75, 3.05) is 20.1 Å². The summed E-state index contributed by atoms with van der Waals surface area (Å²) >= 11 is 0. The van der Waals surface area contributed by atoms with E-state index in [2.05, 4.69) is 20.8 Å². The van der Waals surface area contributed by atoms with E-state index in [1.807, 2.05) is 25.1 Å². The maximum Gasteiger partial charge on any atom is 0.399 e. The Morgan fingerprint density at radius 2 is 1.77 bits per heavy atom. The lowest BCUT2D eigenvalue weighted by Crippen LogP contribution is -2.61. The first kappa shape index (κ1) is 33.2. The number of alkyl halides is 2. The number of aryl methyl sites for hydroxylation is 1. The van der Waals surface area contributed by atoms with E-state index >= 15 is 0 Å². The van der Waals surface area contributed by atoms with Crippen LogP contribution in [0.4, 0.5) is 8.78 Å². The molecule has 0 bridgehead atoms. The molecule has 5 N–H and O–H groups in total. The predicted octanol–water partition coefficient (Wildman–Crippen LogP) is 3.00. The molecule has 0 saturated carbocycles. The van der Waals surface area contributed by atoms with E-state index in [4.69, 9.17) is 0 Å². The summed E-state index contributed by atoms with van der Waals surface area (Å²) in [6.45, 7) is 1.86. The van der Waals surface area contributed by atoms with Crippen molar-refractivity contribution in [2.45, 2.75) is 50.0 Å². The highest BCUT2D eigenvalue weighted by atomic mass is 31.2. The fraction of sp³-hybridized carbons (Fsp3) is 0.344. The van der Waals surface area contributed by atoms with Gasteiger partial charge in [0.05, 0.1) is 12.1 Å². The predicted molar refractivity (Wildman–Crippen MR) is 170 cm³/mol. The van der Waals surface area contributed by atoms with Crippen LogP contribution < -0.4 is 10.6 Å². The zero-order valence-electron chi connectivity index (χ0n) is 25.9. The number of aromatic amines is 1. The second-order valence-electron chi connectivity index (χ2n) is 12.2. The molecule has 3 aromatic carbocycles. The van der Waals surface area contributed by atoms with E-state index in [0.29, 0.717) is 35.6 Å². The van der Waals surface area contributed by atoms with Crippen LogP contribution in [-0.4, -0.2) is 91.7 Å². The SMILES string of the molecule is CNC(=O)[C@@H]1CC[C@@H]2CCN(C(=O)c3n[nH]c4ccc(C)cc34)CC(NC(=O)c3ccc4ccc(C(F)(F)P(=O)(O)O)cc4c3)C(=O)N21. The maximum absolute atomic E-state index is 14.5. The van der Waals surface area contributed by atoms with Crippen LogP contribution in [0.2, 0.25) is 0 Å². The summed E-state index contributed by atoms with van der Waals surface area (Å²) in [5.41, 5.74) is -3.66. The third kappa shape index (κ3) is 5.93. The molecule has 1 unspecified atom stereocenters. The van der Waals surface area contributed by atoms with Gasteiger partial charge in [-0.2, -0.15) is 13.9 Å². The molecule has 252 valence electrons. The van der Waals surface area contributed by atoms with Crippen molar-refractivity contribution in [3.8, 4) is 0 Å². The fourth-order valence-corrected chi connectivity index (χ4v) is 6.99. The minimum atomic E-state index is -5.83. The maximum atomic E-state index is 14.5. The molecular weight excluding hydrogens is 649 g/mol. The summed E-state index contributed by atoms with van der Waals surface area (Å²) in [7, 11) is -4.36. The number of hydrogen-bond donors (Lipinski definition) is 5. The summed E-state index contributed by atoms with van der Waals surface area (Å²) in [4.78, 5) is 75.8. The summed E-state index contributed by atoms with van der Waals surface area (Å²) in [5, 5.41) is 13.5. The zero-order chi connectivity index (χ0) is 34.5. The van der Waals surface area contributed by atoms with Crippen molar-refractivity contribution < 1.29 is 42.3 Å². The lowest BCUT2D eigenvalue weighted by molar-refractivity contribution is -0.142. The van der Waals surface area contributed by atoms with Gasteiger partial charge in [-0.1, -0.05) is 29.8 Å². The van der Waals surface area contributed by atoms with Gasteiger partial charge in [-0.15, -0.1) is 0 Å². The highest BCUT2D eigenvalue weighted by molar-refractivity contribution is 7.52. The van der Waals surface area contributed by atoms with Gasteiger partial charge in [-0.25, -0.2) is 0 Å². The molecule has 2 aliphatic rings. The van der Waals surface area contributed by atoms with Crippen molar-refractivity contribution in [3.05, 3.63) is 77.0 Å². The second-order valence-corrected chi connectivity index (χ2v) is 13.8. The number of nitrogens with zero attached hydrogens (tertiary/aromatic N) is 3. The molecule has 3 heterocycles. The van der Waals surface area contributed by atoms with Gasteiger partial charge in [-0.3, -0.25) is 28.8 Å². The number of benzene rings is 3. The number of halogens is 2. The quantitative estimate of drug-likeness (QED) is 0.192. The van der Waals surface area contributed by atoms with Crippen LogP contribution in [0.1, 0.15) is 51.2 Å². The van der Waals surface area contributed by atoms with Crippen molar-refractivity contribution in [1.29, 1.82) is 0 Å². The Hall–Kier alpha value is -4.72. The number of rotatable bonds is 6. The first-order valence-electron chi connectivity index (χ1n) is 15.3. The first-order chi connectivity index (χ1) is 22.7. The van der Waals surface area contributed by atoms with E-state index in [-0.39, 0.29) is 41.7 Å². The zero-order valence-corrected chi connectivity index (χ0v) is 26.8. The Balaban J connectivity index is 1.33. The van der Waals surface area contributed by atoms with Crippen LogP contribution in [0, 0.1) is 6.92 Å². The Kier molecular flexibility index (Phi) is 8.56. The van der Waals surface area contributed by atoms with Gasteiger partial charge >= 0.3 is 13.3 Å². The van der Waals surface area contributed by atoms with Crippen molar-refractivity contribution in [2.24, 2.45) is 0 Å². The molecule has 0 radical (unpaired) electrons. The molecule has 1 aromatic heterocycles. The number of nitrogens with one attached hydrogen (secondary N) is 3. The largest absolute Gasteiger partial charge is 0.399 e. The Morgan fingerprint density at radius 3 is 2.50 bits per heavy atom. The summed E-state index contributed by atoms with van der Waals surface area (Å²) in [6.07, 6.45) is 1.32. The van der Waals surface area contributed by atoms with Crippen LogP contribution in [0.3, 0.4) is 0 Å². The molecule has 2 saturated heterocycles. The van der Waals surface area contributed by atoms with Gasteiger partial charge < -0.3 is 30.2 Å². The Labute approximate surface area is 272 Å². The highest BCUT2D eigenvalue weighted by Gasteiger charge is 2.50. The van der Waals surface area contributed by atoms with Gasteiger partial charge in [0.1, 0.15) is 12.1 Å². The van der Waals surface area contributed by atoms with Gasteiger partial charge in [0, 0.05) is 36.1 Å². The molecule has 4 amide bonds.